The third kappa shape index (κ3) is 1.16. The molecule has 0 saturated heterocycles. The van der Waals surface area contributed by atoms with E-state index in [1.165, 1.54) is 10.8 Å². The first-order valence-electron chi connectivity index (χ1n) is 5.51. The number of nitrogens with zero attached hydrogens (tertiary/aromatic N) is 2. The highest BCUT2D eigenvalue weighted by molar-refractivity contribution is 6.11. The van der Waals surface area contributed by atoms with E-state index >= 15 is 0 Å². The third-order valence-corrected chi connectivity index (χ3v) is 3.16. The van der Waals surface area contributed by atoms with E-state index in [1.54, 1.807) is 6.20 Å². The van der Waals surface area contributed by atoms with Gasteiger partial charge in [-0.2, -0.15) is 0 Å². The van der Waals surface area contributed by atoms with Crippen molar-refractivity contribution >= 4 is 32.6 Å². The topological polar surface area (TPSA) is 41.6 Å². The summed E-state index contributed by atoms with van der Waals surface area (Å²) in [6, 6.07) is 8.35. The maximum absolute atomic E-state index is 4.18. The molecule has 3 nitrogen and oxygen atoms in total. The Balaban J connectivity index is 2.28. The van der Waals surface area contributed by atoms with Gasteiger partial charge in [0.05, 0.1) is 0 Å². The van der Waals surface area contributed by atoms with Gasteiger partial charge in [0.1, 0.15) is 0 Å². The van der Waals surface area contributed by atoms with Crippen molar-refractivity contribution in [1.82, 2.24) is 15.0 Å². The highest BCUT2D eigenvalue weighted by Crippen LogP contribution is 2.28. The van der Waals surface area contributed by atoms with E-state index in [0.717, 1.165) is 21.8 Å². The van der Waals surface area contributed by atoms with Gasteiger partial charge in [0, 0.05) is 52.0 Å². The van der Waals surface area contributed by atoms with E-state index in [1.807, 2.05) is 30.7 Å². The number of hydrogen-bond acceptors (Lipinski definition) is 2. The van der Waals surface area contributed by atoms with E-state index in [-0.39, 0.29) is 0 Å². The smallest absolute Gasteiger partial charge is 0.0495 e. The number of nitrogens with one attached hydrogen (secondary N) is 1. The maximum Gasteiger partial charge on any atom is 0.0495 e. The molecule has 0 bridgehead atoms. The van der Waals surface area contributed by atoms with Crippen molar-refractivity contribution in [1.29, 1.82) is 0 Å². The molecule has 1 aromatic carbocycles. The Labute approximate surface area is 97.1 Å². The standard InChI is InChI=1S/C14H9N3/c1-3-15-7-10-5-11-12-8-16-4-2-13(12)17-14(11)6-9(1)10/h1-8,17H. The van der Waals surface area contributed by atoms with Crippen LogP contribution >= 0.6 is 0 Å². The Morgan fingerprint density at radius 1 is 0.765 bits per heavy atom. The summed E-state index contributed by atoms with van der Waals surface area (Å²) in [6.45, 7) is 0. The minimum atomic E-state index is 1.12. The average molecular weight is 219 g/mol. The van der Waals surface area contributed by atoms with Crippen LogP contribution in [0, 0.1) is 0 Å². The molecule has 0 spiro atoms. The highest BCUT2D eigenvalue weighted by atomic mass is 14.7. The van der Waals surface area contributed by atoms with Gasteiger partial charge in [-0.15, -0.1) is 0 Å². The minimum absolute atomic E-state index is 1.12. The van der Waals surface area contributed by atoms with Crippen LogP contribution in [0.2, 0.25) is 0 Å². The molecule has 4 aromatic rings. The lowest BCUT2D eigenvalue weighted by Gasteiger charge is -1.97. The van der Waals surface area contributed by atoms with Crippen LogP contribution in [-0.4, -0.2) is 15.0 Å². The highest BCUT2D eigenvalue weighted by Gasteiger charge is 2.05. The summed E-state index contributed by atoms with van der Waals surface area (Å²) in [5.74, 6) is 0. The van der Waals surface area contributed by atoms with Gasteiger partial charge in [-0.25, -0.2) is 0 Å². The second kappa shape index (κ2) is 3.04. The van der Waals surface area contributed by atoms with Gasteiger partial charge in [0.2, 0.25) is 0 Å². The summed E-state index contributed by atoms with van der Waals surface area (Å²) < 4.78 is 0. The Bertz CT molecular complexity index is 840. The molecule has 0 amide bonds. The summed E-state index contributed by atoms with van der Waals surface area (Å²) in [5.41, 5.74) is 2.27. The molecule has 0 aliphatic heterocycles. The monoisotopic (exact) mass is 219 g/mol. The Morgan fingerprint density at radius 3 is 2.65 bits per heavy atom. The van der Waals surface area contributed by atoms with Crippen LogP contribution in [0.3, 0.4) is 0 Å². The molecule has 0 radical (unpaired) electrons. The second-order valence-electron chi connectivity index (χ2n) is 4.17. The minimum Gasteiger partial charge on any atom is -0.354 e. The van der Waals surface area contributed by atoms with Crippen LogP contribution < -0.4 is 0 Å². The largest absolute Gasteiger partial charge is 0.354 e. The summed E-state index contributed by atoms with van der Waals surface area (Å²) >= 11 is 0. The molecule has 0 atom stereocenters. The Kier molecular flexibility index (Phi) is 1.56. The van der Waals surface area contributed by atoms with Crippen LogP contribution in [0.25, 0.3) is 32.6 Å². The number of fused-ring (bicyclic) bond motifs is 4. The van der Waals surface area contributed by atoms with Crippen LogP contribution in [0.4, 0.5) is 0 Å². The molecule has 80 valence electrons. The molecular formula is C14H9N3. The zero-order chi connectivity index (χ0) is 11.2. The van der Waals surface area contributed by atoms with Gasteiger partial charge >= 0.3 is 0 Å². The summed E-state index contributed by atoms with van der Waals surface area (Å²) in [5, 5.41) is 4.72. The zero-order valence-electron chi connectivity index (χ0n) is 9.01. The molecule has 0 saturated carbocycles. The summed E-state index contributed by atoms with van der Waals surface area (Å²) in [4.78, 5) is 11.7. The first-order chi connectivity index (χ1) is 8.42. The number of H-pyrrole nitrogens is 1. The molecule has 17 heavy (non-hydrogen) atoms. The molecule has 4 rings (SSSR count). The maximum atomic E-state index is 4.18. The van der Waals surface area contributed by atoms with E-state index in [9.17, 15) is 0 Å². The number of aromatic amines is 1. The molecule has 0 aliphatic rings. The molecule has 1 N–H and O–H groups in total. The van der Waals surface area contributed by atoms with Crippen molar-refractivity contribution in [2.45, 2.75) is 0 Å². The number of hydrogen-bond donors (Lipinski definition) is 1. The van der Waals surface area contributed by atoms with Gasteiger partial charge in [0.25, 0.3) is 0 Å². The second-order valence-corrected chi connectivity index (χ2v) is 4.17. The molecule has 3 heteroatoms. The molecule has 0 unspecified atom stereocenters. The SMILES string of the molecule is c1cc2cc3[nH]c4ccncc4c3cc2cn1. The lowest BCUT2D eigenvalue weighted by molar-refractivity contribution is 1.36. The van der Waals surface area contributed by atoms with Gasteiger partial charge in [-0.1, -0.05) is 0 Å². The quantitative estimate of drug-likeness (QED) is 0.493. The predicted octanol–water partition coefficient (Wildman–Crippen LogP) is 3.26. The zero-order valence-corrected chi connectivity index (χ0v) is 9.01. The fraction of sp³-hybridized carbons (Fsp3) is 0. The lowest BCUT2D eigenvalue weighted by Crippen LogP contribution is -1.75. The van der Waals surface area contributed by atoms with Crippen molar-refractivity contribution in [3.63, 3.8) is 0 Å². The molecule has 3 aromatic heterocycles. The van der Waals surface area contributed by atoms with Crippen molar-refractivity contribution < 1.29 is 0 Å². The number of pyridine rings is 2. The van der Waals surface area contributed by atoms with E-state index in [2.05, 4.69) is 27.1 Å². The van der Waals surface area contributed by atoms with Crippen molar-refractivity contribution in [2.75, 3.05) is 0 Å². The normalized spacial score (nSPS) is 11.5. The third-order valence-electron chi connectivity index (χ3n) is 3.16. The lowest BCUT2D eigenvalue weighted by atomic mass is 10.1. The molecular weight excluding hydrogens is 210 g/mol. The van der Waals surface area contributed by atoms with Crippen LogP contribution in [0.1, 0.15) is 0 Å². The fourth-order valence-electron chi connectivity index (χ4n) is 2.33. The molecule has 0 aliphatic carbocycles. The van der Waals surface area contributed by atoms with Crippen molar-refractivity contribution in [3.8, 4) is 0 Å². The number of rotatable bonds is 0. The fourth-order valence-corrected chi connectivity index (χ4v) is 2.33. The predicted molar refractivity (Wildman–Crippen MR) is 68.9 cm³/mol. The van der Waals surface area contributed by atoms with Gasteiger partial charge in [-0.05, 0) is 29.7 Å². The first kappa shape index (κ1) is 8.70. The van der Waals surface area contributed by atoms with Crippen LogP contribution in [-0.2, 0) is 0 Å². The average Bonchev–Trinajstić information content (AvgIpc) is 2.73. The van der Waals surface area contributed by atoms with Gasteiger partial charge in [0.15, 0.2) is 0 Å². The number of aromatic nitrogens is 3. The Hall–Kier alpha value is -2.42. The van der Waals surface area contributed by atoms with E-state index in [0.29, 0.717) is 0 Å². The van der Waals surface area contributed by atoms with Crippen molar-refractivity contribution in [2.24, 2.45) is 0 Å². The molecule has 0 fully saturated rings. The van der Waals surface area contributed by atoms with Crippen LogP contribution in [0.15, 0.2) is 49.1 Å². The van der Waals surface area contributed by atoms with E-state index < -0.39 is 0 Å². The van der Waals surface area contributed by atoms with Gasteiger partial charge in [-0.3, -0.25) is 9.97 Å². The van der Waals surface area contributed by atoms with E-state index in [4.69, 9.17) is 0 Å². The van der Waals surface area contributed by atoms with Gasteiger partial charge < -0.3 is 4.98 Å². The summed E-state index contributed by atoms with van der Waals surface area (Å²) in [6.07, 6.45) is 7.41. The first-order valence-corrected chi connectivity index (χ1v) is 5.51. The van der Waals surface area contributed by atoms with Crippen molar-refractivity contribution in [3.05, 3.63) is 49.1 Å². The molecule has 3 heterocycles. The number of benzene rings is 1. The van der Waals surface area contributed by atoms with Crippen LogP contribution in [0.5, 0.6) is 0 Å². The Morgan fingerprint density at radius 2 is 1.65 bits per heavy atom. The summed E-state index contributed by atoms with van der Waals surface area (Å²) in [7, 11) is 0.